The molecule has 1 aromatic heterocycles. The van der Waals surface area contributed by atoms with Gasteiger partial charge in [-0.2, -0.15) is 0 Å². The fourth-order valence-corrected chi connectivity index (χ4v) is 4.81. The van der Waals surface area contributed by atoms with E-state index in [1.54, 1.807) is 0 Å². The molecular weight excluding hydrogens is 460 g/mol. The van der Waals surface area contributed by atoms with Crippen molar-refractivity contribution in [2.45, 2.75) is 0 Å². The quantitative estimate of drug-likeness (QED) is 0.125. The van der Waals surface area contributed by atoms with Crippen LogP contribution in [0.3, 0.4) is 0 Å². The molecule has 2 heteroatoms. The van der Waals surface area contributed by atoms with Gasteiger partial charge < -0.3 is 0 Å². The van der Waals surface area contributed by atoms with Gasteiger partial charge >= 0.3 is 0 Å². The smallest absolute Gasteiger partial charge is 0.0979 e. The van der Waals surface area contributed by atoms with Crippen LogP contribution in [0.25, 0.3) is 43.6 Å². The first-order valence-corrected chi connectivity index (χ1v) is 12.5. The van der Waals surface area contributed by atoms with E-state index in [-0.39, 0.29) is 0 Å². The topological polar surface area (TPSA) is 25.8 Å². The Kier molecular flexibility index (Phi) is 5.29. The summed E-state index contributed by atoms with van der Waals surface area (Å²) in [5, 5.41) is 4.36. The van der Waals surface area contributed by atoms with E-state index in [1.807, 2.05) is 84.9 Å². The van der Waals surface area contributed by atoms with Crippen molar-refractivity contribution in [2.24, 2.45) is 0 Å². The van der Waals surface area contributed by atoms with Crippen LogP contribution in [0.1, 0.15) is 22.3 Å². The second-order valence-electron chi connectivity index (χ2n) is 9.16. The summed E-state index contributed by atoms with van der Waals surface area (Å²) in [6, 6.07) is 40.9. The van der Waals surface area contributed by atoms with Crippen molar-refractivity contribution in [1.82, 2.24) is 9.97 Å². The Morgan fingerprint density at radius 3 is 1.18 bits per heavy atom. The summed E-state index contributed by atoms with van der Waals surface area (Å²) < 4.78 is 0. The Balaban J connectivity index is 1.48. The lowest BCUT2D eigenvalue weighted by molar-refractivity contribution is 1.42. The number of para-hydroxylation sites is 2. The zero-order chi connectivity index (χ0) is 25.3. The molecule has 0 spiro atoms. The van der Waals surface area contributed by atoms with Gasteiger partial charge in [-0.1, -0.05) is 84.3 Å². The Morgan fingerprint density at radius 1 is 0.342 bits per heavy atom. The van der Waals surface area contributed by atoms with Crippen LogP contribution in [-0.4, -0.2) is 9.97 Å². The van der Waals surface area contributed by atoms with Gasteiger partial charge in [-0.05, 0) is 71.4 Å². The molecule has 0 aliphatic rings. The highest BCUT2D eigenvalue weighted by Crippen LogP contribution is 2.35. The molecule has 7 aromatic rings. The van der Waals surface area contributed by atoms with Crippen molar-refractivity contribution in [2.75, 3.05) is 0 Å². The van der Waals surface area contributed by atoms with Crippen LogP contribution in [0, 0.1) is 23.7 Å². The molecule has 0 fully saturated rings. The first kappa shape index (κ1) is 21.8. The zero-order valence-electron chi connectivity index (χ0n) is 20.4. The first-order valence-electron chi connectivity index (χ1n) is 12.5. The molecule has 7 rings (SSSR count). The fraction of sp³-hybridized carbons (Fsp3) is 0. The molecule has 0 radical (unpaired) electrons. The lowest BCUT2D eigenvalue weighted by Crippen LogP contribution is -1.92. The Morgan fingerprint density at radius 2 is 0.737 bits per heavy atom. The summed E-state index contributed by atoms with van der Waals surface area (Å²) in [5.41, 5.74) is 7.38. The van der Waals surface area contributed by atoms with E-state index < -0.39 is 0 Å². The van der Waals surface area contributed by atoms with E-state index in [1.165, 1.54) is 0 Å². The molecular formula is C36H20N2. The van der Waals surface area contributed by atoms with E-state index in [4.69, 9.17) is 9.97 Å². The molecule has 0 saturated heterocycles. The van der Waals surface area contributed by atoms with Gasteiger partial charge in [-0.3, -0.25) is 0 Å². The number of nitrogens with zero attached hydrogens (tertiary/aromatic N) is 2. The standard InChI is InChI=1S/C36H20N2/c1-3-9-25(10-4-1)15-17-27-19-21-29-30-22-20-28(18-16-26-11-5-2-6-12-26)24-32(30)36-35(31(29)23-27)37-33-13-7-8-14-34(33)38-36/h1-14,19-24H. The minimum Gasteiger partial charge on any atom is -0.244 e. The lowest BCUT2D eigenvalue weighted by Gasteiger charge is -2.11. The van der Waals surface area contributed by atoms with Crippen LogP contribution in [0.15, 0.2) is 121 Å². The molecule has 0 unspecified atom stereocenters. The monoisotopic (exact) mass is 480 g/mol. The van der Waals surface area contributed by atoms with E-state index in [2.05, 4.69) is 60.1 Å². The number of hydrogen-bond donors (Lipinski definition) is 0. The third-order valence-electron chi connectivity index (χ3n) is 6.66. The lowest BCUT2D eigenvalue weighted by atomic mass is 9.96. The highest BCUT2D eigenvalue weighted by Gasteiger charge is 2.13. The van der Waals surface area contributed by atoms with Gasteiger partial charge in [0.05, 0.1) is 22.1 Å². The maximum Gasteiger partial charge on any atom is 0.0979 e. The van der Waals surface area contributed by atoms with Crippen molar-refractivity contribution in [1.29, 1.82) is 0 Å². The molecule has 0 aliphatic heterocycles. The Labute approximate surface area is 220 Å². The molecule has 0 N–H and O–H groups in total. The number of hydrogen-bond acceptors (Lipinski definition) is 2. The van der Waals surface area contributed by atoms with Crippen molar-refractivity contribution in [3.8, 4) is 23.7 Å². The van der Waals surface area contributed by atoms with Crippen LogP contribution in [-0.2, 0) is 0 Å². The van der Waals surface area contributed by atoms with Gasteiger partial charge in [0.15, 0.2) is 0 Å². The molecule has 0 bridgehead atoms. The summed E-state index contributed by atoms with van der Waals surface area (Å²) in [5.74, 6) is 13.2. The predicted octanol–water partition coefficient (Wildman–Crippen LogP) is 7.89. The van der Waals surface area contributed by atoms with Crippen molar-refractivity contribution in [3.63, 3.8) is 0 Å². The third-order valence-corrected chi connectivity index (χ3v) is 6.66. The van der Waals surface area contributed by atoms with Gasteiger partial charge in [0, 0.05) is 33.0 Å². The van der Waals surface area contributed by atoms with Gasteiger partial charge in [0.2, 0.25) is 0 Å². The van der Waals surface area contributed by atoms with Crippen LogP contribution in [0.5, 0.6) is 0 Å². The highest BCUT2D eigenvalue weighted by atomic mass is 14.8. The van der Waals surface area contributed by atoms with Crippen LogP contribution < -0.4 is 0 Å². The minimum atomic E-state index is 0.876. The highest BCUT2D eigenvalue weighted by molar-refractivity contribution is 6.24. The molecule has 174 valence electrons. The van der Waals surface area contributed by atoms with Crippen LogP contribution in [0.2, 0.25) is 0 Å². The van der Waals surface area contributed by atoms with Crippen molar-refractivity contribution >= 4 is 43.6 Å². The largest absolute Gasteiger partial charge is 0.244 e. The summed E-state index contributed by atoms with van der Waals surface area (Å²) in [4.78, 5) is 10.2. The second kappa shape index (κ2) is 9.21. The molecule has 0 atom stereocenters. The van der Waals surface area contributed by atoms with Gasteiger partial charge in [0.25, 0.3) is 0 Å². The second-order valence-corrected chi connectivity index (χ2v) is 9.16. The summed E-state index contributed by atoms with van der Waals surface area (Å²) >= 11 is 0. The summed E-state index contributed by atoms with van der Waals surface area (Å²) in [7, 11) is 0. The van der Waals surface area contributed by atoms with Crippen LogP contribution >= 0.6 is 0 Å². The fourth-order valence-electron chi connectivity index (χ4n) is 4.81. The number of aromatic nitrogens is 2. The molecule has 0 aliphatic carbocycles. The SMILES string of the molecule is C(#Cc1ccc2c3ccc(C#Cc4ccccc4)cc3c3nc4ccccc4nc3c2c1)c1ccccc1. The molecule has 38 heavy (non-hydrogen) atoms. The predicted molar refractivity (Wildman–Crippen MR) is 157 cm³/mol. The van der Waals surface area contributed by atoms with Gasteiger partial charge in [0.1, 0.15) is 0 Å². The van der Waals surface area contributed by atoms with Crippen molar-refractivity contribution in [3.05, 3.63) is 144 Å². The maximum atomic E-state index is 5.09. The van der Waals surface area contributed by atoms with E-state index in [9.17, 15) is 0 Å². The van der Waals surface area contributed by atoms with Gasteiger partial charge in [-0.15, -0.1) is 0 Å². The number of fused-ring (bicyclic) bond motifs is 7. The molecule has 6 aromatic carbocycles. The van der Waals surface area contributed by atoms with E-state index in [0.29, 0.717) is 0 Å². The van der Waals surface area contributed by atoms with Crippen LogP contribution in [0.4, 0.5) is 0 Å². The number of rotatable bonds is 0. The molecule has 2 nitrogen and oxygen atoms in total. The van der Waals surface area contributed by atoms with E-state index in [0.717, 1.165) is 65.9 Å². The molecule has 1 heterocycles. The molecule has 0 amide bonds. The summed E-state index contributed by atoms with van der Waals surface area (Å²) in [6.07, 6.45) is 0. The average Bonchev–Trinajstić information content (AvgIpc) is 2.99. The van der Waals surface area contributed by atoms with Gasteiger partial charge in [-0.25, -0.2) is 9.97 Å². The third kappa shape index (κ3) is 4.01. The summed E-state index contributed by atoms with van der Waals surface area (Å²) in [6.45, 7) is 0. The minimum absolute atomic E-state index is 0.876. The van der Waals surface area contributed by atoms with E-state index >= 15 is 0 Å². The normalized spacial score (nSPS) is 10.7. The van der Waals surface area contributed by atoms with Crippen molar-refractivity contribution < 1.29 is 0 Å². The Bertz CT molecular complexity index is 1970. The number of benzene rings is 6. The molecule has 0 saturated carbocycles. The maximum absolute atomic E-state index is 5.09. The Hall–Kier alpha value is -5.44. The first-order chi connectivity index (χ1) is 18.8. The average molecular weight is 481 g/mol. The zero-order valence-corrected chi connectivity index (χ0v) is 20.4.